The van der Waals surface area contributed by atoms with Gasteiger partial charge >= 0.3 is 0 Å². The van der Waals surface area contributed by atoms with E-state index >= 15 is 0 Å². The highest BCUT2D eigenvalue weighted by molar-refractivity contribution is 14.0. The van der Waals surface area contributed by atoms with Crippen molar-refractivity contribution in [2.24, 2.45) is 10.9 Å². The van der Waals surface area contributed by atoms with E-state index in [1.54, 1.807) is 0 Å². The molecule has 1 fully saturated rings. The van der Waals surface area contributed by atoms with E-state index < -0.39 is 0 Å². The molecule has 0 amide bonds. The van der Waals surface area contributed by atoms with Crippen LogP contribution in [-0.2, 0) is 9.47 Å². The third-order valence-electron chi connectivity index (χ3n) is 4.98. The molecule has 29 heavy (non-hydrogen) atoms. The first-order chi connectivity index (χ1) is 13.8. The summed E-state index contributed by atoms with van der Waals surface area (Å²) in [7, 11) is 0. The molecule has 0 spiro atoms. The maximum Gasteiger partial charge on any atom is 0.191 e. The SMILES string of the molecule is CCNC(=NCCCOCC1CCOCC1)NC(C)c1cc2ccccc2o1.I. The number of aliphatic imine (C=N–C) groups is 1. The predicted molar refractivity (Wildman–Crippen MR) is 128 cm³/mol. The fraction of sp³-hybridized carbons (Fsp3) is 0.591. The molecule has 3 rings (SSSR count). The number of hydrogen-bond donors (Lipinski definition) is 2. The molecule has 1 aromatic carbocycles. The molecule has 0 bridgehead atoms. The lowest BCUT2D eigenvalue weighted by Gasteiger charge is -2.21. The number of halogens is 1. The first kappa shape index (κ1) is 24.0. The van der Waals surface area contributed by atoms with Crippen molar-refractivity contribution in [3.05, 3.63) is 36.1 Å². The van der Waals surface area contributed by atoms with E-state index in [4.69, 9.17) is 13.9 Å². The third-order valence-corrected chi connectivity index (χ3v) is 4.98. The second-order valence-corrected chi connectivity index (χ2v) is 7.30. The zero-order valence-corrected chi connectivity index (χ0v) is 19.8. The fourth-order valence-electron chi connectivity index (χ4n) is 3.33. The summed E-state index contributed by atoms with van der Waals surface area (Å²) in [5, 5.41) is 7.85. The normalized spacial score (nSPS) is 16.4. The summed E-state index contributed by atoms with van der Waals surface area (Å²) in [6.45, 7) is 9.04. The van der Waals surface area contributed by atoms with Crippen LogP contribution in [-0.4, -0.2) is 45.5 Å². The van der Waals surface area contributed by atoms with Crippen molar-refractivity contribution < 1.29 is 13.9 Å². The maximum atomic E-state index is 5.95. The molecule has 2 N–H and O–H groups in total. The van der Waals surface area contributed by atoms with Crippen LogP contribution in [0.4, 0.5) is 0 Å². The van der Waals surface area contributed by atoms with Crippen molar-refractivity contribution in [1.29, 1.82) is 0 Å². The Hall–Kier alpha value is -1.32. The quantitative estimate of drug-likeness (QED) is 0.223. The lowest BCUT2D eigenvalue weighted by atomic mass is 10.0. The van der Waals surface area contributed by atoms with Crippen molar-refractivity contribution in [3.8, 4) is 0 Å². The van der Waals surface area contributed by atoms with Gasteiger partial charge in [-0.1, -0.05) is 18.2 Å². The van der Waals surface area contributed by atoms with E-state index in [-0.39, 0.29) is 30.0 Å². The van der Waals surface area contributed by atoms with Gasteiger partial charge in [-0.05, 0) is 51.2 Å². The average Bonchev–Trinajstić information content (AvgIpc) is 3.16. The average molecular weight is 515 g/mol. The number of furan rings is 1. The van der Waals surface area contributed by atoms with Crippen LogP contribution in [0.1, 0.15) is 44.9 Å². The summed E-state index contributed by atoms with van der Waals surface area (Å²) in [6.07, 6.45) is 3.15. The number of fused-ring (bicyclic) bond motifs is 1. The van der Waals surface area contributed by atoms with Crippen LogP contribution in [0, 0.1) is 5.92 Å². The Morgan fingerprint density at radius 3 is 2.83 bits per heavy atom. The van der Waals surface area contributed by atoms with E-state index in [1.807, 2.05) is 18.2 Å². The Kier molecular flexibility index (Phi) is 10.8. The van der Waals surface area contributed by atoms with Crippen molar-refractivity contribution in [2.75, 3.05) is 39.5 Å². The lowest BCUT2D eigenvalue weighted by Crippen LogP contribution is -2.38. The zero-order valence-electron chi connectivity index (χ0n) is 17.5. The smallest absolute Gasteiger partial charge is 0.191 e. The molecule has 2 aromatic rings. The molecule has 2 heterocycles. The second-order valence-electron chi connectivity index (χ2n) is 7.30. The van der Waals surface area contributed by atoms with E-state index in [1.165, 1.54) is 0 Å². The fourth-order valence-corrected chi connectivity index (χ4v) is 3.33. The molecule has 1 atom stereocenters. The molecule has 0 saturated carbocycles. The van der Waals surface area contributed by atoms with Gasteiger partial charge in [0, 0.05) is 44.9 Å². The predicted octanol–water partition coefficient (Wildman–Crippen LogP) is 4.50. The van der Waals surface area contributed by atoms with Gasteiger partial charge in [0.1, 0.15) is 11.3 Å². The van der Waals surface area contributed by atoms with Gasteiger partial charge in [0.05, 0.1) is 6.04 Å². The maximum absolute atomic E-state index is 5.95. The number of guanidine groups is 1. The number of benzene rings is 1. The minimum absolute atomic E-state index is 0. The first-order valence-electron chi connectivity index (χ1n) is 10.4. The van der Waals surface area contributed by atoms with Crippen LogP contribution >= 0.6 is 24.0 Å². The second kappa shape index (κ2) is 13.1. The van der Waals surface area contributed by atoms with E-state index in [0.29, 0.717) is 5.92 Å². The van der Waals surface area contributed by atoms with Gasteiger partial charge in [-0.25, -0.2) is 0 Å². The molecular formula is C22H34IN3O3. The first-order valence-corrected chi connectivity index (χ1v) is 10.4. The highest BCUT2D eigenvalue weighted by atomic mass is 127. The zero-order chi connectivity index (χ0) is 19.6. The summed E-state index contributed by atoms with van der Waals surface area (Å²) in [5.41, 5.74) is 0.912. The summed E-state index contributed by atoms with van der Waals surface area (Å²) >= 11 is 0. The van der Waals surface area contributed by atoms with Gasteiger partial charge < -0.3 is 24.5 Å². The topological polar surface area (TPSA) is 68.0 Å². The number of para-hydroxylation sites is 1. The number of rotatable bonds is 9. The Morgan fingerprint density at radius 1 is 1.28 bits per heavy atom. The summed E-state index contributed by atoms with van der Waals surface area (Å²) in [6, 6.07) is 10.2. The largest absolute Gasteiger partial charge is 0.459 e. The molecule has 1 aromatic heterocycles. The molecule has 1 saturated heterocycles. The molecule has 0 radical (unpaired) electrons. The van der Waals surface area contributed by atoms with Crippen LogP contribution in [0.2, 0.25) is 0 Å². The van der Waals surface area contributed by atoms with Gasteiger partial charge in [0.2, 0.25) is 0 Å². The van der Waals surface area contributed by atoms with Crippen LogP contribution in [0.15, 0.2) is 39.7 Å². The molecule has 0 aliphatic carbocycles. The van der Waals surface area contributed by atoms with Crippen LogP contribution in [0.5, 0.6) is 0 Å². The number of nitrogens with zero attached hydrogens (tertiary/aromatic N) is 1. The Bertz CT molecular complexity index is 711. The monoisotopic (exact) mass is 515 g/mol. The molecule has 162 valence electrons. The Balaban J connectivity index is 0.00000300. The van der Waals surface area contributed by atoms with E-state index in [0.717, 1.165) is 81.5 Å². The van der Waals surface area contributed by atoms with Gasteiger partial charge in [-0.15, -0.1) is 24.0 Å². The van der Waals surface area contributed by atoms with Crippen LogP contribution < -0.4 is 10.6 Å². The summed E-state index contributed by atoms with van der Waals surface area (Å²) in [4.78, 5) is 4.67. The molecule has 7 heteroatoms. The van der Waals surface area contributed by atoms with E-state index in [2.05, 4.69) is 41.6 Å². The Morgan fingerprint density at radius 2 is 2.07 bits per heavy atom. The molecular weight excluding hydrogens is 481 g/mol. The van der Waals surface area contributed by atoms with Crippen molar-refractivity contribution >= 4 is 40.9 Å². The standard InChI is InChI=1S/C22H33N3O3.HI/c1-3-23-22(24-11-6-12-27-16-18-9-13-26-14-10-18)25-17(2)21-15-19-7-4-5-8-20(19)28-21;/h4-5,7-8,15,17-18H,3,6,9-14,16H2,1-2H3,(H2,23,24,25);1H. The highest BCUT2D eigenvalue weighted by Crippen LogP contribution is 2.23. The molecule has 1 aliphatic heterocycles. The summed E-state index contributed by atoms with van der Waals surface area (Å²) < 4.78 is 17.1. The molecule has 6 nitrogen and oxygen atoms in total. The van der Waals surface area contributed by atoms with Crippen molar-refractivity contribution in [3.63, 3.8) is 0 Å². The molecule has 1 aliphatic rings. The van der Waals surface area contributed by atoms with Crippen LogP contribution in [0.3, 0.4) is 0 Å². The third kappa shape index (κ3) is 7.79. The Labute approximate surface area is 190 Å². The summed E-state index contributed by atoms with van der Waals surface area (Å²) in [5.74, 6) is 2.37. The number of ether oxygens (including phenoxy) is 2. The molecule has 1 unspecified atom stereocenters. The van der Waals surface area contributed by atoms with Crippen LogP contribution in [0.25, 0.3) is 11.0 Å². The van der Waals surface area contributed by atoms with E-state index in [9.17, 15) is 0 Å². The minimum atomic E-state index is 0. The van der Waals surface area contributed by atoms with Gasteiger partial charge in [0.15, 0.2) is 5.96 Å². The van der Waals surface area contributed by atoms with Gasteiger partial charge in [-0.3, -0.25) is 4.99 Å². The van der Waals surface area contributed by atoms with Gasteiger partial charge in [0.25, 0.3) is 0 Å². The van der Waals surface area contributed by atoms with Gasteiger partial charge in [-0.2, -0.15) is 0 Å². The number of nitrogens with one attached hydrogen (secondary N) is 2. The van der Waals surface area contributed by atoms with Crippen molar-refractivity contribution in [2.45, 2.75) is 39.2 Å². The van der Waals surface area contributed by atoms with Crippen molar-refractivity contribution in [1.82, 2.24) is 10.6 Å². The minimum Gasteiger partial charge on any atom is -0.459 e. The number of hydrogen-bond acceptors (Lipinski definition) is 4. The lowest BCUT2D eigenvalue weighted by molar-refractivity contribution is 0.0205. The highest BCUT2D eigenvalue weighted by Gasteiger charge is 2.14.